The van der Waals surface area contributed by atoms with E-state index < -0.39 is 0 Å². The Hall–Kier alpha value is -2.20. The minimum atomic E-state index is 0.373. The molecule has 1 aliphatic rings. The molecule has 1 aromatic rings. The van der Waals surface area contributed by atoms with E-state index in [1.54, 1.807) is 12.1 Å². The Labute approximate surface area is 111 Å². The Bertz CT molecular complexity index is 575. The molecule has 1 heterocycles. The Morgan fingerprint density at radius 3 is 2.28 bits per heavy atom. The standard InChI is InChI=1S/C14H13N3S/c15-12-8-11(9-13(16)17-12)14(18)10-6-4-2-1-3-5-7-10/h1-9H,(H4,15,16,17)/b2-1-,3-1?,4-2?,5-3-,6-4-,7-5?,10-6?,10-7+. The number of thiocarbonyl (C=S) groups is 1. The second-order valence-electron chi connectivity index (χ2n) is 3.79. The SMILES string of the molecule is Nc1cc(C(=S)C2=C/C=C\C=C/C=C\2)cc(N)n1. The van der Waals surface area contributed by atoms with Gasteiger partial charge in [0.15, 0.2) is 0 Å². The summed E-state index contributed by atoms with van der Waals surface area (Å²) in [5, 5.41) is 0. The number of allylic oxidation sites excluding steroid dienone is 8. The van der Waals surface area contributed by atoms with Crippen LogP contribution in [0.25, 0.3) is 0 Å². The topological polar surface area (TPSA) is 64.9 Å². The van der Waals surface area contributed by atoms with E-state index in [9.17, 15) is 0 Å². The van der Waals surface area contributed by atoms with Crippen LogP contribution in [0.5, 0.6) is 0 Å². The highest BCUT2D eigenvalue weighted by molar-refractivity contribution is 7.81. The van der Waals surface area contributed by atoms with Crippen LogP contribution in [0.2, 0.25) is 0 Å². The van der Waals surface area contributed by atoms with Crippen molar-refractivity contribution in [2.24, 2.45) is 0 Å². The lowest BCUT2D eigenvalue weighted by Crippen LogP contribution is -2.04. The summed E-state index contributed by atoms with van der Waals surface area (Å²) < 4.78 is 0. The van der Waals surface area contributed by atoms with Crippen molar-refractivity contribution < 1.29 is 0 Å². The second kappa shape index (κ2) is 5.42. The van der Waals surface area contributed by atoms with Crippen LogP contribution in [0, 0.1) is 0 Å². The van der Waals surface area contributed by atoms with Gasteiger partial charge in [-0.25, -0.2) is 4.98 Å². The summed E-state index contributed by atoms with van der Waals surface area (Å²) in [6, 6.07) is 3.46. The maximum Gasteiger partial charge on any atom is 0.126 e. The molecule has 0 fully saturated rings. The molecule has 0 unspecified atom stereocenters. The van der Waals surface area contributed by atoms with Crippen molar-refractivity contribution in [3.63, 3.8) is 0 Å². The van der Waals surface area contributed by atoms with Gasteiger partial charge in [-0.2, -0.15) is 0 Å². The van der Waals surface area contributed by atoms with Crippen LogP contribution < -0.4 is 11.5 Å². The number of nitrogens with zero attached hydrogens (tertiary/aromatic N) is 1. The lowest BCUT2D eigenvalue weighted by molar-refractivity contribution is 1.34. The van der Waals surface area contributed by atoms with Gasteiger partial charge in [-0.05, 0) is 17.7 Å². The quantitative estimate of drug-likeness (QED) is 0.629. The molecule has 1 aromatic heterocycles. The molecule has 0 spiro atoms. The van der Waals surface area contributed by atoms with Gasteiger partial charge in [-0.15, -0.1) is 0 Å². The first-order valence-corrected chi connectivity index (χ1v) is 5.87. The highest BCUT2D eigenvalue weighted by Gasteiger charge is 2.07. The highest BCUT2D eigenvalue weighted by atomic mass is 32.1. The summed E-state index contributed by atoms with van der Waals surface area (Å²) in [5.74, 6) is 0.747. The van der Waals surface area contributed by atoms with Crippen molar-refractivity contribution in [1.29, 1.82) is 0 Å². The number of pyridine rings is 1. The molecular formula is C14H13N3S. The Morgan fingerprint density at radius 1 is 0.944 bits per heavy atom. The molecule has 18 heavy (non-hydrogen) atoms. The van der Waals surface area contributed by atoms with Crippen LogP contribution in [0.1, 0.15) is 5.56 Å². The molecule has 4 heteroatoms. The van der Waals surface area contributed by atoms with Gasteiger partial charge in [0.1, 0.15) is 11.6 Å². The monoisotopic (exact) mass is 255 g/mol. The van der Waals surface area contributed by atoms with Crippen LogP contribution in [0.4, 0.5) is 11.6 Å². The molecule has 0 radical (unpaired) electrons. The summed E-state index contributed by atoms with van der Waals surface area (Å²) in [7, 11) is 0. The molecule has 0 bridgehead atoms. The van der Waals surface area contributed by atoms with Crippen molar-refractivity contribution in [2.45, 2.75) is 0 Å². The van der Waals surface area contributed by atoms with Gasteiger partial charge in [0, 0.05) is 5.56 Å². The fraction of sp³-hybridized carbons (Fsp3) is 0. The van der Waals surface area contributed by atoms with Gasteiger partial charge in [-0.1, -0.05) is 54.8 Å². The number of nitrogens with two attached hydrogens (primary N) is 2. The molecule has 0 aromatic carbocycles. The number of nitrogen functional groups attached to an aromatic ring is 2. The Kier molecular flexibility index (Phi) is 3.69. The zero-order valence-corrected chi connectivity index (χ0v) is 10.5. The van der Waals surface area contributed by atoms with E-state index >= 15 is 0 Å². The molecule has 0 atom stereocenters. The fourth-order valence-electron chi connectivity index (χ4n) is 1.59. The molecule has 1 aliphatic carbocycles. The van der Waals surface area contributed by atoms with Gasteiger partial charge in [0.05, 0.1) is 4.86 Å². The van der Waals surface area contributed by atoms with E-state index in [2.05, 4.69) is 4.98 Å². The van der Waals surface area contributed by atoms with Gasteiger partial charge >= 0.3 is 0 Å². The molecule has 0 amide bonds. The predicted molar refractivity (Wildman–Crippen MR) is 80.3 cm³/mol. The molecule has 90 valence electrons. The minimum absolute atomic E-state index is 0.373. The molecular weight excluding hydrogens is 242 g/mol. The molecule has 4 N–H and O–H groups in total. The van der Waals surface area contributed by atoms with Gasteiger partial charge in [0.25, 0.3) is 0 Å². The maximum absolute atomic E-state index is 5.67. The third-order valence-electron chi connectivity index (χ3n) is 2.39. The normalized spacial score (nSPS) is 22.1. The summed E-state index contributed by atoms with van der Waals surface area (Å²) >= 11 is 5.45. The van der Waals surface area contributed by atoms with E-state index in [1.807, 2.05) is 42.5 Å². The molecule has 0 aliphatic heterocycles. The summed E-state index contributed by atoms with van der Waals surface area (Å²) in [4.78, 5) is 4.63. The smallest absolute Gasteiger partial charge is 0.126 e. The Morgan fingerprint density at radius 2 is 1.56 bits per heavy atom. The molecule has 2 rings (SSSR count). The predicted octanol–water partition coefficient (Wildman–Crippen LogP) is 2.57. The zero-order chi connectivity index (χ0) is 13.0. The van der Waals surface area contributed by atoms with Gasteiger partial charge < -0.3 is 11.5 Å². The summed E-state index contributed by atoms with van der Waals surface area (Å²) in [5.41, 5.74) is 13.1. The first-order chi connectivity index (χ1) is 8.66. The third kappa shape index (κ3) is 2.93. The van der Waals surface area contributed by atoms with E-state index in [0.717, 1.165) is 11.1 Å². The first-order valence-electron chi connectivity index (χ1n) is 5.46. The number of aromatic nitrogens is 1. The first kappa shape index (κ1) is 12.3. The van der Waals surface area contributed by atoms with E-state index in [4.69, 9.17) is 23.7 Å². The molecule has 0 saturated carbocycles. The van der Waals surface area contributed by atoms with Crippen molar-refractivity contribution in [3.8, 4) is 0 Å². The van der Waals surface area contributed by atoms with Crippen LogP contribution in [0.3, 0.4) is 0 Å². The minimum Gasteiger partial charge on any atom is -0.384 e. The summed E-state index contributed by atoms with van der Waals surface area (Å²) in [6.07, 6.45) is 13.6. The summed E-state index contributed by atoms with van der Waals surface area (Å²) in [6.45, 7) is 0. The van der Waals surface area contributed by atoms with Crippen LogP contribution in [-0.4, -0.2) is 9.85 Å². The fourth-order valence-corrected chi connectivity index (χ4v) is 1.84. The number of anilines is 2. The van der Waals surface area contributed by atoms with Crippen LogP contribution in [0.15, 0.2) is 60.2 Å². The number of rotatable bonds is 2. The van der Waals surface area contributed by atoms with E-state index in [-0.39, 0.29) is 0 Å². The Balaban J connectivity index is 2.36. The number of hydrogen-bond acceptors (Lipinski definition) is 4. The molecule has 0 saturated heterocycles. The highest BCUT2D eigenvalue weighted by Crippen LogP contribution is 2.16. The van der Waals surface area contributed by atoms with Gasteiger partial charge in [0.2, 0.25) is 0 Å². The zero-order valence-electron chi connectivity index (χ0n) is 9.71. The second-order valence-corrected chi connectivity index (χ2v) is 4.19. The lowest BCUT2D eigenvalue weighted by atomic mass is 10.0. The molecule has 3 nitrogen and oxygen atoms in total. The van der Waals surface area contributed by atoms with E-state index in [1.165, 1.54) is 0 Å². The van der Waals surface area contributed by atoms with Crippen molar-refractivity contribution in [3.05, 3.63) is 65.8 Å². The third-order valence-corrected chi connectivity index (χ3v) is 2.86. The van der Waals surface area contributed by atoms with Crippen molar-refractivity contribution in [2.75, 3.05) is 11.5 Å². The van der Waals surface area contributed by atoms with Gasteiger partial charge in [-0.3, -0.25) is 0 Å². The van der Waals surface area contributed by atoms with Crippen LogP contribution >= 0.6 is 12.2 Å². The average molecular weight is 255 g/mol. The number of hydrogen-bond donors (Lipinski definition) is 2. The van der Waals surface area contributed by atoms with Crippen molar-refractivity contribution in [1.82, 2.24) is 4.98 Å². The van der Waals surface area contributed by atoms with Crippen molar-refractivity contribution >= 4 is 28.7 Å². The average Bonchev–Trinajstić information content (AvgIpc) is 2.26. The van der Waals surface area contributed by atoms with E-state index in [0.29, 0.717) is 16.5 Å². The lowest BCUT2D eigenvalue weighted by Gasteiger charge is -2.07. The maximum atomic E-state index is 5.67. The van der Waals surface area contributed by atoms with Crippen LogP contribution in [-0.2, 0) is 0 Å². The largest absolute Gasteiger partial charge is 0.384 e.